The first kappa shape index (κ1) is 17.8. The van der Waals surface area contributed by atoms with E-state index in [0.717, 1.165) is 25.4 Å². The van der Waals surface area contributed by atoms with Crippen LogP contribution in [0.4, 0.5) is 0 Å². The summed E-state index contributed by atoms with van der Waals surface area (Å²) in [7, 11) is 0. The lowest BCUT2D eigenvalue weighted by molar-refractivity contribution is -0.123. The second-order valence-corrected chi connectivity index (χ2v) is 7.29. The second kappa shape index (κ2) is 7.82. The van der Waals surface area contributed by atoms with Crippen LogP contribution in [0, 0.1) is 0 Å². The van der Waals surface area contributed by atoms with Crippen LogP contribution in [-0.4, -0.2) is 43.1 Å². The Morgan fingerprint density at radius 3 is 2.61 bits per heavy atom. The maximum absolute atomic E-state index is 11.9. The summed E-state index contributed by atoms with van der Waals surface area (Å²) in [5.41, 5.74) is 1.39. The van der Waals surface area contributed by atoms with E-state index in [1.54, 1.807) is 0 Å². The van der Waals surface area contributed by atoms with Crippen molar-refractivity contribution >= 4 is 5.91 Å². The molecule has 23 heavy (non-hydrogen) atoms. The van der Waals surface area contributed by atoms with Gasteiger partial charge in [0.25, 0.3) is 5.91 Å². The number of carbonyl (C=O) groups is 1. The summed E-state index contributed by atoms with van der Waals surface area (Å²) in [6.45, 7) is 11.7. The molecule has 1 atom stereocenters. The summed E-state index contributed by atoms with van der Waals surface area (Å²) in [4.78, 5) is 14.4. The first-order valence-electron chi connectivity index (χ1n) is 8.64. The van der Waals surface area contributed by atoms with E-state index < -0.39 is 0 Å². The number of nitrogens with one attached hydrogen (secondary N) is 1. The zero-order chi connectivity index (χ0) is 16.9. The molecule has 0 bridgehead atoms. The molecule has 0 spiro atoms. The summed E-state index contributed by atoms with van der Waals surface area (Å²) >= 11 is 0. The molecule has 0 saturated carbocycles. The number of ether oxygens (including phenoxy) is 1. The fraction of sp³-hybridized carbons (Fsp3) is 0.632. The molecule has 2 rings (SSSR count). The van der Waals surface area contributed by atoms with Crippen molar-refractivity contribution in [2.24, 2.45) is 0 Å². The molecule has 1 unspecified atom stereocenters. The predicted octanol–water partition coefficient (Wildman–Crippen LogP) is 2.96. The van der Waals surface area contributed by atoms with Gasteiger partial charge < -0.3 is 10.1 Å². The molecule has 1 amide bonds. The van der Waals surface area contributed by atoms with Gasteiger partial charge in [-0.3, -0.25) is 9.69 Å². The van der Waals surface area contributed by atoms with Gasteiger partial charge in [-0.25, -0.2) is 0 Å². The largest absolute Gasteiger partial charge is 0.484 e. The number of likely N-dealkylation sites (tertiary alicyclic amines) is 1. The zero-order valence-electron chi connectivity index (χ0n) is 14.9. The van der Waals surface area contributed by atoms with Gasteiger partial charge in [-0.2, -0.15) is 0 Å². The molecule has 1 heterocycles. The number of likely N-dealkylation sites (N-methyl/N-ethyl adjacent to an activating group) is 1. The summed E-state index contributed by atoms with van der Waals surface area (Å²) < 4.78 is 5.58. The molecule has 1 N–H and O–H groups in total. The number of rotatable bonds is 6. The lowest BCUT2D eigenvalue weighted by Gasteiger charge is -2.22. The van der Waals surface area contributed by atoms with Crippen LogP contribution >= 0.6 is 0 Å². The molecule has 1 aliphatic rings. The maximum atomic E-state index is 11.9. The van der Waals surface area contributed by atoms with Gasteiger partial charge >= 0.3 is 0 Å². The smallest absolute Gasteiger partial charge is 0.257 e. The quantitative estimate of drug-likeness (QED) is 0.877. The third-order valence-electron chi connectivity index (χ3n) is 4.53. The fourth-order valence-corrected chi connectivity index (χ4v) is 3.03. The Balaban J connectivity index is 1.74. The van der Waals surface area contributed by atoms with Gasteiger partial charge in [0, 0.05) is 12.6 Å². The van der Waals surface area contributed by atoms with Crippen LogP contribution in [0.5, 0.6) is 5.75 Å². The molecule has 0 aliphatic carbocycles. The van der Waals surface area contributed by atoms with Crippen molar-refractivity contribution in [3.63, 3.8) is 0 Å². The SMILES string of the molecule is CCN1CCCC1CNC(=O)COc1ccc(C(C)(C)C)cc1. The Kier molecular flexibility index (Phi) is 6.05. The highest BCUT2D eigenvalue weighted by atomic mass is 16.5. The van der Waals surface area contributed by atoms with Gasteiger partial charge in [-0.15, -0.1) is 0 Å². The van der Waals surface area contributed by atoms with Crippen molar-refractivity contribution in [1.29, 1.82) is 0 Å². The van der Waals surface area contributed by atoms with Gasteiger partial charge in [0.15, 0.2) is 6.61 Å². The summed E-state index contributed by atoms with van der Waals surface area (Å²) in [5.74, 6) is 0.692. The number of hydrogen-bond donors (Lipinski definition) is 1. The van der Waals surface area contributed by atoms with E-state index in [2.05, 4.69) is 50.0 Å². The van der Waals surface area contributed by atoms with Gasteiger partial charge in [0.05, 0.1) is 0 Å². The number of amides is 1. The zero-order valence-corrected chi connectivity index (χ0v) is 14.9. The first-order chi connectivity index (χ1) is 10.9. The molecule has 1 aliphatic heterocycles. The van der Waals surface area contributed by atoms with E-state index in [9.17, 15) is 4.79 Å². The van der Waals surface area contributed by atoms with E-state index in [1.165, 1.54) is 18.4 Å². The molecule has 1 fully saturated rings. The van der Waals surface area contributed by atoms with Crippen LogP contribution in [0.2, 0.25) is 0 Å². The Bertz CT molecular complexity index is 505. The van der Waals surface area contributed by atoms with Crippen LogP contribution < -0.4 is 10.1 Å². The van der Waals surface area contributed by atoms with Crippen molar-refractivity contribution in [3.05, 3.63) is 29.8 Å². The lowest BCUT2D eigenvalue weighted by atomic mass is 9.87. The first-order valence-corrected chi connectivity index (χ1v) is 8.64. The summed E-state index contributed by atoms with van der Waals surface area (Å²) in [5, 5.41) is 2.99. The van der Waals surface area contributed by atoms with Gasteiger partial charge in [-0.1, -0.05) is 39.8 Å². The van der Waals surface area contributed by atoms with Crippen molar-refractivity contribution in [3.8, 4) is 5.75 Å². The highest BCUT2D eigenvalue weighted by molar-refractivity contribution is 5.77. The fourth-order valence-electron chi connectivity index (χ4n) is 3.03. The highest BCUT2D eigenvalue weighted by Crippen LogP contribution is 2.24. The van der Waals surface area contributed by atoms with E-state index in [0.29, 0.717) is 6.04 Å². The molecule has 1 aromatic rings. The van der Waals surface area contributed by atoms with E-state index in [-0.39, 0.29) is 17.9 Å². The third kappa shape index (κ3) is 5.24. The second-order valence-electron chi connectivity index (χ2n) is 7.29. The minimum absolute atomic E-state index is 0.0483. The van der Waals surface area contributed by atoms with E-state index >= 15 is 0 Å². The summed E-state index contributed by atoms with van der Waals surface area (Å²) in [6, 6.07) is 8.47. The monoisotopic (exact) mass is 318 g/mol. The number of hydrogen-bond acceptors (Lipinski definition) is 3. The lowest BCUT2D eigenvalue weighted by Crippen LogP contribution is -2.41. The van der Waals surface area contributed by atoms with Crippen molar-refractivity contribution in [2.45, 2.75) is 52.0 Å². The number of carbonyl (C=O) groups excluding carboxylic acids is 1. The highest BCUT2D eigenvalue weighted by Gasteiger charge is 2.23. The minimum Gasteiger partial charge on any atom is -0.484 e. The van der Waals surface area contributed by atoms with Crippen LogP contribution in [-0.2, 0) is 10.2 Å². The molecule has 128 valence electrons. The van der Waals surface area contributed by atoms with Crippen LogP contribution in [0.25, 0.3) is 0 Å². The standard InChI is InChI=1S/C19H30N2O2/c1-5-21-12-6-7-16(21)13-20-18(22)14-23-17-10-8-15(9-11-17)19(2,3)4/h8-11,16H,5-7,12-14H2,1-4H3,(H,20,22). The maximum Gasteiger partial charge on any atom is 0.257 e. The summed E-state index contributed by atoms with van der Waals surface area (Å²) in [6.07, 6.45) is 2.40. The topological polar surface area (TPSA) is 41.6 Å². The van der Waals surface area contributed by atoms with Crippen molar-refractivity contribution in [2.75, 3.05) is 26.2 Å². The number of benzene rings is 1. The van der Waals surface area contributed by atoms with E-state index in [4.69, 9.17) is 4.74 Å². The Hall–Kier alpha value is -1.55. The van der Waals surface area contributed by atoms with Crippen molar-refractivity contribution in [1.82, 2.24) is 10.2 Å². The van der Waals surface area contributed by atoms with Crippen LogP contribution in [0.15, 0.2) is 24.3 Å². The van der Waals surface area contributed by atoms with Crippen LogP contribution in [0.1, 0.15) is 46.1 Å². The molecular weight excluding hydrogens is 288 g/mol. The Morgan fingerprint density at radius 1 is 1.30 bits per heavy atom. The molecule has 0 aromatic heterocycles. The molecule has 0 radical (unpaired) electrons. The Labute approximate surface area is 140 Å². The van der Waals surface area contributed by atoms with Gasteiger partial charge in [0.2, 0.25) is 0 Å². The average Bonchev–Trinajstić information content (AvgIpc) is 2.98. The average molecular weight is 318 g/mol. The third-order valence-corrected chi connectivity index (χ3v) is 4.53. The predicted molar refractivity (Wildman–Crippen MR) is 93.9 cm³/mol. The van der Waals surface area contributed by atoms with Crippen LogP contribution in [0.3, 0.4) is 0 Å². The molecular formula is C19H30N2O2. The van der Waals surface area contributed by atoms with Gasteiger partial charge in [-0.05, 0) is 49.0 Å². The molecule has 1 saturated heterocycles. The number of nitrogens with zero attached hydrogens (tertiary/aromatic N) is 1. The molecule has 1 aromatic carbocycles. The molecule has 4 nitrogen and oxygen atoms in total. The van der Waals surface area contributed by atoms with E-state index in [1.807, 2.05) is 12.1 Å². The molecule has 4 heteroatoms. The normalized spacial score (nSPS) is 18.9. The minimum atomic E-state index is -0.0483. The van der Waals surface area contributed by atoms with Gasteiger partial charge in [0.1, 0.15) is 5.75 Å². The van der Waals surface area contributed by atoms with Crippen molar-refractivity contribution < 1.29 is 9.53 Å². The Morgan fingerprint density at radius 2 is 2.00 bits per heavy atom.